The molecular weight excluding hydrogens is 256 g/mol. The SMILES string of the molecule is CN(CC1CCCO1)C(=O)C1(N)CCOCC1.Cl. The molecule has 0 aromatic rings. The van der Waals surface area contributed by atoms with Gasteiger partial charge in [-0.05, 0) is 25.7 Å². The highest BCUT2D eigenvalue weighted by atomic mass is 35.5. The molecule has 2 heterocycles. The molecule has 2 aliphatic rings. The number of carbonyl (C=O) groups is 1. The molecule has 2 aliphatic heterocycles. The van der Waals surface area contributed by atoms with E-state index in [1.807, 2.05) is 7.05 Å². The van der Waals surface area contributed by atoms with Crippen LogP contribution in [0.1, 0.15) is 25.7 Å². The molecule has 106 valence electrons. The minimum atomic E-state index is -0.731. The number of halogens is 1. The summed E-state index contributed by atoms with van der Waals surface area (Å²) in [4.78, 5) is 14.0. The second kappa shape index (κ2) is 6.70. The second-order valence-electron chi connectivity index (χ2n) is 5.09. The maximum absolute atomic E-state index is 12.3. The minimum absolute atomic E-state index is 0. The van der Waals surface area contributed by atoms with Crippen molar-refractivity contribution in [2.24, 2.45) is 5.73 Å². The van der Waals surface area contributed by atoms with Crippen molar-refractivity contribution >= 4 is 18.3 Å². The van der Waals surface area contributed by atoms with Crippen LogP contribution in [-0.2, 0) is 14.3 Å². The van der Waals surface area contributed by atoms with Crippen molar-refractivity contribution in [3.05, 3.63) is 0 Å². The number of carbonyl (C=O) groups excluding carboxylic acids is 1. The number of hydrogen-bond acceptors (Lipinski definition) is 4. The zero-order valence-electron chi connectivity index (χ0n) is 10.9. The molecule has 18 heavy (non-hydrogen) atoms. The van der Waals surface area contributed by atoms with Crippen LogP contribution >= 0.6 is 12.4 Å². The van der Waals surface area contributed by atoms with Gasteiger partial charge in [0.05, 0.1) is 11.6 Å². The molecule has 0 bridgehead atoms. The van der Waals surface area contributed by atoms with Gasteiger partial charge in [-0.25, -0.2) is 0 Å². The van der Waals surface area contributed by atoms with Crippen molar-refractivity contribution in [2.45, 2.75) is 37.3 Å². The van der Waals surface area contributed by atoms with Gasteiger partial charge >= 0.3 is 0 Å². The molecule has 6 heteroatoms. The Hall–Kier alpha value is -0.360. The summed E-state index contributed by atoms with van der Waals surface area (Å²) < 4.78 is 10.8. The molecular formula is C12H23ClN2O3. The Bertz CT molecular complexity index is 276. The van der Waals surface area contributed by atoms with Crippen LogP contribution in [0.2, 0.25) is 0 Å². The van der Waals surface area contributed by atoms with Gasteiger partial charge in [-0.3, -0.25) is 4.79 Å². The van der Waals surface area contributed by atoms with Gasteiger partial charge in [0, 0.05) is 33.4 Å². The van der Waals surface area contributed by atoms with Crippen LogP contribution < -0.4 is 5.73 Å². The summed E-state index contributed by atoms with van der Waals surface area (Å²) in [6, 6.07) is 0. The van der Waals surface area contributed by atoms with Gasteiger partial charge in [0.25, 0.3) is 0 Å². The lowest BCUT2D eigenvalue weighted by Crippen LogP contribution is -2.58. The zero-order valence-corrected chi connectivity index (χ0v) is 11.7. The van der Waals surface area contributed by atoms with Crippen LogP contribution in [0.4, 0.5) is 0 Å². The van der Waals surface area contributed by atoms with Crippen molar-refractivity contribution < 1.29 is 14.3 Å². The topological polar surface area (TPSA) is 64.8 Å². The lowest BCUT2D eigenvalue weighted by Gasteiger charge is -2.35. The molecule has 1 unspecified atom stereocenters. The maximum Gasteiger partial charge on any atom is 0.242 e. The molecule has 2 saturated heterocycles. The Morgan fingerprint density at radius 1 is 1.39 bits per heavy atom. The summed E-state index contributed by atoms with van der Waals surface area (Å²) in [5.41, 5.74) is 5.44. The van der Waals surface area contributed by atoms with Crippen molar-refractivity contribution in [2.75, 3.05) is 33.4 Å². The summed E-state index contributed by atoms with van der Waals surface area (Å²) in [5.74, 6) is 0.0244. The number of nitrogens with two attached hydrogens (primary N) is 1. The number of ether oxygens (including phenoxy) is 2. The van der Waals surface area contributed by atoms with Crippen LogP contribution in [0.5, 0.6) is 0 Å². The van der Waals surface area contributed by atoms with Gasteiger partial charge in [0.1, 0.15) is 0 Å². The number of hydrogen-bond donors (Lipinski definition) is 1. The van der Waals surface area contributed by atoms with E-state index in [1.54, 1.807) is 4.90 Å². The fourth-order valence-electron chi connectivity index (χ4n) is 2.51. The molecule has 0 radical (unpaired) electrons. The number of amides is 1. The first-order valence-corrected chi connectivity index (χ1v) is 6.36. The second-order valence-corrected chi connectivity index (χ2v) is 5.09. The molecule has 5 nitrogen and oxygen atoms in total. The highest BCUT2D eigenvalue weighted by Crippen LogP contribution is 2.21. The van der Waals surface area contributed by atoms with Crippen LogP contribution in [0.3, 0.4) is 0 Å². The monoisotopic (exact) mass is 278 g/mol. The van der Waals surface area contributed by atoms with E-state index in [4.69, 9.17) is 15.2 Å². The van der Waals surface area contributed by atoms with E-state index >= 15 is 0 Å². The maximum atomic E-state index is 12.3. The first-order chi connectivity index (χ1) is 8.12. The van der Waals surface area contributed by atoms with Gasteiger partial charge in [-0.15, -0.1) is 12.4 Å². The van der Waals surface area contributed by atoms with E-state index < -0.39 is 5.54 Å². The molecule has 0 spiro atoms. The minimum Gasteiger partial charge on any atom is -0.381 e. The predicted molar refractivity (Wildman–Crippen MR) is 70.8 cm³/mol. The van der Waals surface area contributed by atoms with Gasteiger partial charge in [-0.1, -0.05) is 0 Å². The van der Waals surface area contributed by atoms with E-state index in [0.29, 0.717) is 32.6 Å². The Morgan fingerprint density at radius 2 is 2.06 bits per heavy atom. The van der Waals surface area contributed by atoms with E-state index in [2.05, 4.69) is 0 Å². The molecule has 0 aromatic carbocycles. The van der Waals surface area contributed by atoms with Gasteiger partial charge in [-0.2, -0.15) is 0 Å². The van der Waals surface area contributed by atoms with Gasteiger partial charge < -0.3 is 20.1 Å². The lowest BCUT2D eigenvalue weighted by atomic mass is 9.89. The predicted octanol–water partition coefficient (Wildman–Crippen LogP) is 0.553. The molecule has 1 amide bonds. The largest absolute Gasteiger partial charge is 0.381 e. The normalized spacial score (nSPS) is 26.4. The third-order valence-corrected chi connectivity index (χ3v) is 3.66. The average molecular weight is 279 g/mol. The summed E-state index contributed by atoms with van der Waals surface area (Å²) in [7, 11) is 1.81. The summed E-state index contributed by atoms with van der Waals surface area (Å²) in [5, 5.41) is 0. The van der Waals surface area contributed by atoms with Gasteiger partial charge in [0.2, 0.25) is 5.91 Å². The highest BCUT2D eigenvalue weighted by molar-refractivity contribution is 5.86. The van der Waals surface area contributed by atoms with Crippen LogP contribution in [0.25, 0.3) is 0 Å². The molecule has 0 aliphatic carbocycles. The fourth-order valence-corrected chi connectivity index (χ4v) is 2.51. The highest BCUT2D eigenvalue weighted by Gasteiger charge is 2.38. The van der Waals surface area contributed by atoms with E-state index in [-0.39, 0.29) is 24.4 Å². The van der Waals surface area contributed by atoms with Crippen molar-refractivity contribution in [1.82, 2.24) is 4.90 Å². The molecule has 2 rings (SSSR count). The van der Waals surface area contributed by atoms with Crippen LogP contribution in [0, 0.1) is 0 Å². The van der Waals surface area contributed by atoms with Crippen molar-refractivity contribution in [3.63, 3.8) is 0 Å². The Morgan fingerprint density at radius 3 is 2.61 bits per heavy atom. The third-order valence-electron chi connectivity index (χ3n) is 3.66. The number of rotatable bonds is 3. The Labute approximate surface area is 114 Å². The third kappa shape index (κ3) is 3.57. The first kappa shape index (κ1) is 15.7. The zero-order chi connectivity index (χ0) is 12.3. The van der Waals surface area contributed by atoms with Crippen LogP contribution in [0.15, 0.2) is 0 Å². The first-order valence-electron chi connectivity index (χ1n) is 6.36. The van der Waals surface area contributed by atoms with Crippen LogP contribution in [-0.4, -0.2) is 55.9 Å². The van der Waals surface area contributed by atoms with Crippen molar-refractivity contribution in [1.29, 1.82) is 0 Å². The summed E-state index contributed by atoms with van der Waals surface area (Å²) in [6.07, 6.45) is 3.54. The molecule has 2 fully saturated rings. The molecule has 0 saturated carbocycles. The smallest absolute Gasteiger partial charge is 0.242 e. The van der Waals surface area contributed by atoms with Gasteiger partial charge in [0.15, 0.2) is 0 Å². The molecule has 1 atom stereocenters. The standard InChI is InChI=1S/C12H22N2O3.ClH/c1-14(9-10-3-2-6-17-10)11(15)12(13)4-7-16-8-5-12;/h10H,2-9,13H2,1H3;1H. The Balaban J connectivity index is 0.00000162. The average Bonchev–Trinajstić information content (AvgIpc) is 2.81. The summed E-state index contributed by atoms with van der Waals surface area (Å²) >= 11 is 0. The molecule has 2 N–H and O–H groups in total. The van der Waals surface area contributed by atoms with E-state index in [1.165, 1.54) is 0 Å². The summed E-state index contributed by atoms with van der Waals surface area (Å²) in [6.45, 7) is 2.62. The fraction of sp³-hybridized carbons (Fsp3) is 0.917. The van der Waals surface area contributed by atoms with E-state index in [9.17, 15) is 4.79 Å². The quantitative estimate of drug-likeness (QED) is 0.819. The number of nitrogens with zero attached hydrogens (tertiary/aromatic N) is 1. The van der Waals surface area contributed by atoms with E-state index in [0.717, 1.165) is 19.4 Å². The lowest BCUT2D eigenvalue weighted by molar-refractivity contribution is -0.140. The van der Waals surface area contributed by atoms with Crippen molar-refractivity contribution in [3.8, 4) is 0 Å². The Kier molecular flexibility index (Phi) is 5.85. The molecule has 0 aromatic heterocycles. The number of likely N-dealkylation sites (N-methyl/N-ethyl adjacent to an activating group) is 1.